The summed E-state index contributed by atoms with van der Waals surface area (Å²) in [5.74, 6) is -0.0265. The number of nitrogens with zero attached hydrogens (tertiary/aromatic N) is 2. The van der Waals surface area contributed by atoms with Crippen molar-refractivity contribution in [3.63, 3.8) is 0 Å². The molecular weight excluding hydrogens is 308 g/mol. The third kappa shape index (κ3) is 5.48. The molecule has 0 aliphatic carbocycles. The molecule has 1 aromatic carbocycles. The van der Waals surface area contributed by atoms with Gasteiger partial charge in [-0.3, -0.25) is 4.79 Å². The number of para-hydroxylation sites is 2. The van der Waals surface area contributed by atoms with Crippen LogP contribution in [0, 0.1) is 0 Å². The predicted octanol–water partition coefficient (Wildman–Crippen LogP) is 2.44. The summed E-state index contributed by atoms with van der Waals surface area (Å²) in [5, 5.41) is 6.29. The van der Waals surface area contributed by atoms with Crippen molar-refractivity contribution in [2.24, 2.45) is 0 Å². The highest BCUT2D eigenvalue weighted by Crippen LogP contribution is 2.26. The van der Waals surface area contributed by atoms with Gasteiger partial charge >= 0.3 is 0 Å². The van der Waals surface area contributed by atoms with Gasteiger partial charge in [0.05, 0.1) is 11.4 Å². The monoisotopic (exact) mass is 334 g/mol. The van der Waals surface area contributed by atoms with Crippen LogP contribution in [0.25, 0.3) is 0 Å². The molecule has 126 valence electrons. The molecule has 1 aliphatic rings. The molecular formula is C17H26N4OS. The summed E-state index contributed by atoms with van der Waals surface area (Å²) in [7, 11) is 2.14. The minimum Gasteiger partial charge on any atom is -0.367 e. The number of carbonyl (C=O) groups is 1. The lowest BCUT2D eigenvalue weighted by molar-refractivity contribution is -0.119. The van der Waals surface area contributed by atoms with E-state index in [4.69, 9.17) is 12.2 Å². The first kappa shape index (κ1) is 17.7. The number of amides is 1. The first-order chi connectivity index (χ1) is 11.1. The van der Waals surface area contributed by atoms with Crippen LogP contribution in [0.4, 0.5) is 11.4 Å². The molecule has 6 heteroatoms. The maximum absolute atomic E-state index is 11.8. The second-order valence-corrected chi connectivity index (χ2v) is 6.32. The molecule has 0 aromatic heterocycles. The summed E-state index contributed by atoms with van der Waals surface area (Å²) in [6.07, 6.45) is 2.39. The molecule has 1 saturated heterocycles. The first-order valence-corrected chi connectivity index (χ1v) is 8.64. The number of thiocarbonyl (C=S) groups is 1. The number of hydrogen-bond donors (Lipinski definition) is 2. The summed E-state index contributed by atoms with van der Waals surface area (Å²) in [6.45, 7) is 6.14. The largest absolute Gasteiger partial charge is 0.367 e. The van der Waals surface area contributed by atoms with E-state index in [2.05, 4.69) is 40.5 Å². The van der Waals surface area contributed by atoms with Gasteiger partial charge in [-0.2, -0.15) is 0 Å². The molecule has 1 aliphatic heterocycles. The molecule has 1 amide bonds. The van der Waals surface area contributed by atoms with E-state index in [9.17, 15) is 4.79 Å². The molecule has 1 fully saturated rings. The van der Waals surface area contributed by atoms with Gasteiger partial charge < -0.3 is 20.4 Å². The van der Waals surface area contributed by atoms with Gasteiger partial charge in [0.1, 0.15) is 0 Å². The Morgan fingerprint density at radius 2 is 1.91 bits per heavy atom. The van der Waals surface area contributed by atoms with Crippen molar-refractivity contribution < 1.29 is 4.79 Å². The molecule has 0 radical (unpaired) electrons. The molecule has 0 saturated carbocycles. The number of hydrogen-bond acceptors (Lipinski definition) is 4. The lowest BCUT2D eigenvalue weighted by Gasteiger charge is -2.35. The number of piperazine rings is 1. The molecule has 1 aromatic rings. The summed E-state index contributed by atoms with van der Waals surface area (Å²) < 4.78 is 0. The van der Waals surface area contributed by atoms with Crippen LogP contribution in [0.15, 0.2) is 24.3 Å². The Kier molecular flexibility index (Phi) is 6.80. The van der Waals surface area contributed by atoms with Crippen LogP contribution in [-0.2, 0) is 4.79 Å². The smallest absolute Gasteiger partial charge is 0.226 e. The maximum Gasteiger partial charge on any atom is 0.226 e. The molecule has 2 N–H and O–H groups in total. The Morgan fingerprint density at radius 3 is 2.61 bits per heavy atom. The fraction of sp³-hybridized carbons (Fsp3) is 0.529. The van der Waals surface area contributed by atoms with Crippen LogP contribution in [0.5, 0.6) is 0 Å². The van der Waals surface area contributed by atoms with Crippen LogP contribution in [0.3, 0.4) is 0 Å². The fourth-order valence-corrected chi connectivity index (χ4v) is 2.81. The van der Waals surface area contributed by atoms with Gasteiger partial charge in [-0.1, -0.05) is 25.5 Å². The highest BCUT2D eigenvalue weighted by atomic mass is 32.1. The van der Waals surface area contributed by atoms with E-state index in [1.165, 1.54) is 0 Å². The van der Waals surface area contributed by atoms with Gasteiger partial charge in [-0.05, 0) is 37.8 Å². The van der Waals surface area contributed by atoms with Crippen molar-refractivity contribution in [1.29, 1.82) is 0 Å². The zero-order valence-electron chi connectivity index (χ0n) is 14.0. The van der Waals surface area contributed by atoms with Crippen LogP contribution in [0.2, 0.25) is 0 Å². The van der Waals surface area contributed by atoms with Crippen molar-refractivity contribution >= 4 is 34.6 Å². The van der Waals surface area contributed by atoms with Gasteiger partial charge in [0.2, 0.25) is 5.91 Å². The molecule has 1 heterocycles. The second-order valence-electron chi connectivity index (χ2n) is 5.91. The molecule has 23 heavy (non-hydrogen) atoms. The number of likely N-dealkylation sites (N-methyl/N-ethyl adjacent to an activating group) is 1. The zero-order chi connectivity index (χ0) is 16.7. The van der Waals surface area contributed by atoms with E-state index in [0.29, 0.717) is 11.5 Å². The van der Waals surface area contributed by atoms with Crippen molar-refractivity contribution in [3.8, 4) is 0 Å². The van der Waals surface area contributed by atoms with Gasteiger partial charge in [0.15, 0.2) is 5.11 Å². The van der Waals surface area contributed by atoms with Crippen molar-refractivity contribution in [3.05, 3.63) is 24.3 Å². The molecule has 5 nitrogen and oxygen atoms in total. The average molecular weight is 334 g/mol. The number of benzene rings is 1. The fourth-order valence-electron chi connectivity index (χ4n) is 2.58. The quantitative estimate of drug-likeness (QED) is 0.810. The van der Waals surface area contributed by atoms with Gasteiger partial charge in [-0.25, -0.2) is 0 Å². The molecule has 0 atom stereocenters. The summed E-state index contributed by atoms with van der Waals surface area (Å²) in [6, 6.07) is 8.10. The summed E-state index contributed by atoms with van der Waals surface area (Å²) in [4.78, 5) is 16.4. The predicted molar refractivity (Wildman–Crippen MR) is 100 cm³/mol. The minimum absolute atomic E-state index is 0.0265. The number of rotatable bonds is 5. The van der Waals surface area contributed by atoms with E-state index in [0.717, 1.165) is 50.4 Å². The Bertz CT molecular complexity index is 541. The standard InChI is InChI=1S/C17H26N4OS/c1-3-4-9-16(22)19-17(23)18-14-7-5-6-8-15(14)21-12-10-20(2)11-13-21/h5-8H,3-4,9-13H2,1-2H3,(H2,18,19,22,23). The molecule has 0 spiro atoms. The SMILES string of the molecule is CCCCC(=O)NC(=S)Nc1ccccc1N1CCN(C)CC1. The lowest BCUT2D eigenvalue weighted by atomic mass is 10.2. The van der Waals surface area contributed by atoms with E-state index in [1.807, 2.05) is 18.2 Å². The molecule has 0 unspecified atom stereocenters. The summed E-state index contributed by atoms with van der Waals surface area (Å²) >= 11 is 5.27. The lowest BCUT2D eigenvalue weighted by Crippen LogP contribution is -2.45. The molecule has 0 bridgehead atoms. The van der Waals surface area contributed by atoms with E-state index < -0.39 is 0 Å². The molecule has 2 rings (SSSR count). The number of carbonyl (C=O) groups excluding carboxylic acids is 1. The van der Waals surface area contributed by atoms with E-state index >= 15 is 0 Å². The van der Waals surface area contributed by atoms with Crippen LogP contribution in [-0.4, -0.2) is 49.1 Å². The highest BCUT2D eigenvalue weighted by Gasteiger charge is 2.17. The van der Waals surface area contributed by atoms with Crippen LogP contribution in [0.1, 0.15) is 26.2 Å². The second kappa shape index (κ2) is 8.84. The van der Waals surface area contributed by atoms with Crippen molar-refractivity contribution in [1.82, 2.24) is 10.2 Å². The van der Waals surface area contributed by atoms with Gasteiger partial charge in [0, 0.05) is 32.6 Å². The van der Waals surface area contributed by atoms with Gasteiger partial charge in [-0.15, -0.1) is 0 Å². The Morgan fingerprint density at radius 1 is 1.22 bits per heavy atom. The normalized spacial score (nSPS) is 15.3. The van der Waals surface area contributed by atoms with Gasteiger partial charge in [0.25, 0.3) is 0 Å². The third-order valence-corrected chi connectivity index (χ3v) is 4.21. The number of anilines is 2. The van der Waals surface area contributed by atoms with Crippen LogP contribution >= 0.6 is 12.2 Å². The Balaban J connectivity index is 1.97. The van der Waals surface area contributed by atoms with E-state index in [1.54, 1.807) is 0 Å². The van der Waals surface area contributed by atoms with E-state index in [-0.39, 0.29) is 5.91 Å². The van der Waals surface area contributed by atoms with Crippen molar-refractivity contribution in [2.45, 2.75) is 26.2 Å². The minimum atomic E-state index is -0.0265. The summed E-state index contributed by atoms with van der Waals surface area (Å²) in [5.41, 5.74) is 2.07. The Labute approximate surface area is 144 Å². The zero-order valence-corrected chi connectivity index (χ0v) is 14.8. The number of unbranched alkanes of at least 4 members (excludes halogenated alkanes) is 1. The highest BCUT2D eigenvalue weighted by molar-refractivity contribution is 7.80. The Hall–Kier alpha value is -1.66. The first-order valence-electron chi connectivity index (χ1n) is 8.23. The number of nitrogens with one attached hydrogen (secondary N) is 2. The average Bonchev–Trinajstić information content (AvgIpc) is 2.54. The van der Waals surface area contributed by atoms with Crippen LogP contribution < -0.4 is 15.5 Å². The topological polar surface area (TPSA) is 47.6 Å². The third-order valence-electron chi connectivity index (χ3n) is 4.01. The maximum atomic E-state index is 11.8. The van der Waals surface area contributed by atoms with Crippen molar-refractivity contribution in [2.75, 3.05) is 43.4 Å².